The first-order valence-corrected chi connectivity index (χ1v) is 6.54. The molecule has 6 nitrogen and oxygen atoms in total. The van der Waals surface area contributed by atoms with Crippen molar-refractivity contribution in [2.45, 2.75) is 0 Å². The van der Waals surface area contributed by atoms with E-state index in [1.54, 1.807) is 0 Å². The lowest BCUT2D eigenvalue weighted by Crippen LogP contribution is -2.06. The van der Waals surface area contributed by atoms with Gasteiger partial charge < -0.3 is 10.1 Å². The summed E-state index contributed by atoms with van der Waals surface area (Å²) < 4.78 is -0.0333. The van der Waals surface area contributed by atoms with E-state index in [1.165, 1.54) is 12.1 Å². The van der Waals surface area contributed by atoms with Crippen LogP contribution in [0.2, 0.25) is 15.1 Å². The Morgan fingerprint density at radius 3 is 2.15 bits per heavy atom. The van der Waals surface area contributed by atoms with Gasteiger partial charge in [-0.3, -0.25) is 9.78 Å². The summed E-state index contributed by atoms with van der Waals surface area (Å²) in [6.45, 7) is 0. The number of aromatic hydroxyl groups is 1. The van der Waals surface area contributed by atoms with Crippen LogP contribution in [0.1, 0.15) is 0 Å². The van der Waals surface area contributed by atoms with Gasteiger partial charge >= 0.3 is 0 Å². The molecule has 1 heterocycles. The van der Waals surface area contributed by atoms with Crippen molar-refractivity contribution in [2.24, 2.45) is 10.2 Å². The number of nitrogens with one attached hydrogen (secondary N) is 2. The monoisotopic (exact) mass is 350 g/mol. The SMILES string of the molecule is O=c1[nH]c(=S)[nH]c(O)c1N=Nc1c(Cl)cc(Cl)cc1Cl. The summed E-state index contributed by atoms with van der Waals surface area (Å²) in [5.41, 5.74) is -0.920. The number of H-pyrrole nitrogens is 2. The maximum atomic E-state index is 11.6. The first-order chi connectivity index (χ1) is 9.38. The molecule has 0 saturated heterocycles. The standard InChI is InChI=1S/C10H5Cl3N4O2S/c11-3-1-4(12)6(5(13)2-3)16-17-7-8(18)14-10(20)15-9(7)19/h1-2H,(H3,14,15,18,19,20). The molecule has 1 aromatic carbocycles. The van der Waals surface area contributed by atoms with Gasteiger partial charge in [-0.2, -0.15) is 0 Å². The van der Waals surface area contributed by atoms with Gasteiger partial charge in [0.2, 0.25) is 11.6 Å². The van der Waals surface area contributed by atoms with Crippen LogP contribution in [0.5, 0.6) is 5.88 Å². The van der Waals surface area contributed by atoms with E-state index in [-0.39, 0.29) is 26.2 Å². The quantitative estimate of drug-likeness (QED) is 0.548. The molecule has 2 rings (SSSR count). The second-order valence-corrected chi connectivity index (χ2v) is 5.18. The third kappa shape index (κ3) is 3.18. The topological polar surface area (TPSA) is 93.6 Å². The van der Waals surface area contributed by atoms with Gasteiger partial charge in [0, 0.05) is 5.02 Å². The van der Waals surface area contributed by atoms with Crippen molar-refractivity contribution in [2.75, 3.05) is 0 Å². The normalized spacial score (nSPS) is 11.2. The van der Waals surface area contributed by atoms with Crippen molar-refractivity contribution in [1.82, 2.24) is 9.97 Å². The van der Waals surface area contributed by atoms with Gasteiger partial charge in [0.05, 0.1) is 10.0 Å². The minimum atomic E-state index is -0.698. The van der Waals surface area contributed by atoms with Gasteiger partial charge in [0.1, 0.15) is 5.69 Å². The molecular formula is C10H5Cl3N4O2S. The number of hydrogen-bond donors (Lipinski definition) is 3. The lowest BCUT2D eigenvalue weighted by molar-refractivity contribution is 0.451. The fourth-order valence-corrected chi connectivity index (χ4v) is 2.37. The van der Waals surface area contributed by atoms with Crippen LogP contribution in [0.15, 0.2) is 27.2 Å². The number of aromatic nitrogens is 2. The van der Waals surface area contributed by atoms with Gasteiger partial charge in [-0.05, 0) is 24.4 Å². The number of nitrogens with zero attached hydrogens (tertiary/aromatic N) is 2. The Morgan fingerprint density at radius 2 is 1.60 bits per heavy atom. The highest BCUT2D eigenvalue weighted by Crippen LogP contribution is 2.37. The predicted molar refractivity (Wildman–Crippen MR) is 79.6 cm³/mol. The lowest BCUT2D eigenvalue weighted by atomic mass is 10.3. The van der Waals surface area contributed by atoms with Crippen molar-refractivity contribution >= 4 is 58.4 Å². The van der Waals surface area contributed by atoms with Gasteiger partial charge in [-0.25, -0.2) is 0 Å². The number of aromatic amines is 2. The molecule has 0 spiro atoms. The molecular weight excluding hydrogens is 347 g/mol. The maximum absolute atomic E-state index is 11.6. The lowest BCUT2D eigenvalue weighted by Gasteiger charge is -2.01. The van der Waals surface area contributed by atoms with Crippen LogP contribution in [0.25, 0.3) is 0 Å². The first-order valence-electron chi connectivity index (χ1n) is 5.00. The number of halogens is 3. The zero-order chi connectivity index (χ0) is 14.9. The predicted octanol–water partition coefficient (Wildman–Crippen LogP) is 4.51. The van der Waals surface area contributed by atoms with E-state index < -0.39 is 11.4 Å². The van der Waals surface area contributed by atoms with Crippen LogP contribution in [0.4, 0.5) is 11.4 Å². The largest absolute Gasteiger partial charge is 0.493 e. The molecule has 3 N–H and O–H groups in total. The Labute approximate surface area is 132 Å². The van der Waals surface area contributed by atoms with Gasteiger partial charge in [-0.15, -0.1) is 10.2 Å². The maximum Gasteiger partial charge on any atom is 0.283 e. The molecule has 0 bridgehead atoms. The highest BCUT2D eigenvalue weighted by atomic mass is 35.5. The van der Waals surface area contributed by atoms with E-state index in [9.17, 15) is 9.90 Å². The Bertz CT molecular complexity index is 792. The summed E-state index contributed by atoms with van der Waals surface area (Å²) in [7, 11) is 0. The zero-order valence-corrected chi connectivity index (χ0v) is 12.5. The molecule has 0 unspecified atom stereocenters. The molecule has 20 heavy (non-hydrogen) atoms. The molecule has 0 saturated carbocycles. The Morgan fingerprint density at radius 1 is 1.05 bits per heavy atom. The van der Waals surface area contributed by atoms with Gasteiger partial charge in [0.15, 0.2) is 4.77 Å². The van der Waals surface area contributed by atoms with Crippen LogP contribution in [-0.2, 0) is 0 Å². The fraction of sp³-hybridized carbons (Fsp3) is 0. The van der Waals surface area contributed by atoms with Crippen molar-refractivity contribution in [3.05, 3.63) is 42.3 Å². The van der Waals surface area contributed by atoms with E-state index in [4.69, 9.17) is 34.8 Å². The van der Waals surface area contributed by atoms with Crippen molar-refractivity contribution in [3.63, 3.8) is 0 Å². The van der Waals surface area contributed by atoms with Crippen molar-refractivity contribution < 1.29 is 5.11 Å². The molecule has 0 radical (unpaired) electrons. The smallest absolute Gasteiger partial charge is 0.283 e. The Hall–Kier alpha value is -1.41. The summed E-state index contributed by atoms with van der Waals surface area (Å²) in [6, 6.07) is 2.85. The third-order valence-electron chi connectivity index (χ3n) is 2.13. The molecule has 0 atom stereocenters. The molecule has 0 aliphatic heterocycles. The average Bonchev–Trinajstić information content (AvgIpc) is 2.30. The van der Waals surface area contributed by atoms with E-state index in [1.807, 2.05) is 0 Å². The summed E-state index contributed by atoms with van der Waals surface area (Å²) in [4.78, 5) is 16.1. The molecule has 0 aliphatic rings. The number of benzene rings is 1. The van der Waals surface area contributed by atoms with E-state index in [0.29, 0.717) is 5.02 Å². The summed E-state index contributed by atoms with van der Waals surface area (Å²) >= 11 is 22.3. The highest BCUT2D eigenvalue weighted by molar-refractivity contribution is 7.71. The molecule has 0 amide bonds. The molecule has 0 aliphatic carbocycles. The molecule has 2 aromatic rings. The van der Waals surface area contributed by atoms with Crippen LogP contribution in [0, 0.1) is 4.77 Å². The number of azo groups is 1. The molecule has 0 fully saturated rings. The van der Waals surface area contributed by atoms with E-state index in [2.05, 4.69) is 32.4 Å². The van der Waals surface area contributed by atoms with Crippen LogP contribution in [-0.4, -0.2) is 15.1 Å². The molecule has 104 valence electrons. The third-order valence-corrected chi connectivity index (χ3v) is 3.13. The van der Waals surface area contributed by atoms with Gasteiger partial charge in [-0.1, -0.05) is 34.8 Å². The van der Waals surface area contributed by atoms with Crippen LogP contribution < -0.4 is 5.56 Å². The minimum absolute atomic E-state index is 0.0333. The summed E-state index contributed by atoms with van der Waals surface area (Å²) in [5.74, 6) is -0.510. The highest BCUT2D eigenvalue weighted by Gasteiger charge is 2.10. The number of rotatable bonds is 2. The Kier molecular flexibility index (Phi) is 4.44. The van der Waals surface area contributed by atoms with E-state index in [0.717, 1.165) is 0 Å². The van der Waals surface area contributed by atoms with Crippen molar-refractivity contribution in [3.8, 4) is 5.88 Å². The fourth-order valence-electron chi connectivity index (χ4n) is 1.29. The van der Waals surface area contributed by atoms with Gasteiger partial charge in [0.25, 0.3) is 5.56 Å². The van der Waals surface area contributed by atoms with Crippen LogP contribution >= 0.6 is 47.0 Å². The average molecular weight is 352 g/mol. The minimum Gasteiger partial charge on any atom is -0.493 e. The molecule has 1 aromatic heterocycles. The second-order valence-electron chi connectivity index (χ2n) is 3.52. The first kappa shape index (κ1) is 15.0. The van der Waals surface area contributed by atoms with Crippen molar-refractivity contribution in [1.29, 1.82) is 0 Å². The zero-order valence-electron chi connectivity index (χ0n) is 9.45. The summed E-state index contributed by atoms with van der Waals surface area (Å²) in [5, 5.41) is 17.5. The second kappa shape index (κ2) is 5.92. The Balaban J connectivity index is 2.51. The number of hydrogen-bond acceptors (Lipinski definition) is 5. The summed E-state index contributed by atoms with van der Waals surface area (Å²) in [6.07, 6.45) is 0. The van der Waals surface area contributed by atoms with Crippen LogP contribution in [0.3, 0.4) is 0 Å². The molecule has 10 heteroatoms. The van der Waals surface area contributed by atoms with E-state index >= 15 is 0 Å².